The van der Waals surface area contributed by atoms with E-state index >= 15 is 0 Å². The molecule has 0 radical (unpaired) electrons. The van der Waals surface area contributed by atoms with Crippen LogP contribution < -0.4 is 15.5 Å². The van der Waals surface area contributed by atoms with E-state index in [1.165, 1.54) is 4.90 Å². The standard InChI is InChI=1S/C17H28N6O2.HI/c1-22(2)16(24)12-20-17(19-9-11-25-3)21-14-7-10-23(13-14)15-6-4-5-8-18-15;/h4-6,8,14H,7,9-13H2,1-3H3,(H2,19,20,21);1H. The molecule has 2 N–H and O–H groups in total. The number of anilines is 1. The van der Waals surface area contributed by atoms with E-state index < -0.39 is 0 Å². The zero-order chi connectivity index (χ0) is 18.1. The van der Waals surface area contributed by atoms with Gasteiger partial charge >= 0.3 is 0 Å². The highest BCUT2D eigenvalue weighted by atomic mass is 127. The van der Waals surface area contributed by atoms with Crippen molar-refractivity contribution in [3.63, 3.8) is 0 Å². The maximum absolute atomic E-state index is 11.8. The Morgan fingerprint density at radius 1 is 1.46 bits per heavy atom. The molecule has 2 rings (SSSR count). The monoisotopic (exact) mass is 476 g/mol. The number of nitrogens with zero attached hydrogens (tertiary/aromatic N) is 4. The van der Waals surface area contributed by atoms with Crippen LogP contribution in [0.25, 0.3) is 0 Å². The smallest absolute Gasteiger partial charge is 0.243 e. The first-order valence-electron chi connectivity index (χ1n) is 8.50. The summed E-state index contributed by atoms with van der Waals surface area (Å²) < 4.78 is 5.06. The minimum absolute atomic E-state index is 0. The second kappa shape index (κ2) is 11.9. The molecule has 1 fully saturated rings. The molecule has 2 heterocycles. The van der Waals surface area contributed by atoms with Crippen molar-refractivity contribution in [1.29, 1.82) is 0 Å². The Labute approximate surface area is 172 Å². The van der Waals surface area contributed by atoms with Crippen LogP contribution in [0.4, 0.5) is 5.82 Å². The largest absolute Gasteiger partial charge is 0.383 e. The summed E-state index contributed by atoms with van der Waals surface area (Å²) in [5.74, 6) is 1.59. The van der Waals surface area contributed by atoms with Crippen molar-refractivity contribution in [3.8, 4) is 0 Å². The highest BCUT2D eigenvalue weighted by molar-refractivity contribution is 14.0. The van der Waals surface area contributed by atoms with Crippen LogP contribution in [0.3, 0.4) is 0 Å². The van der Waals surface area contributed by atoms with Crippen LogP contribution in [0.1, 0.15) is 6.42 Å². The summed E-state index contributed by atoms with van der Waals surface area (Å²) in [6.45, 7) is 3.12. The number of nitrogens with one attached hydrogen (secondary N) is 2. The lowest BCUT2D eigenvalue weighted by Gasteiger charge is -2.20. The van der Waals surface area contributed by atoms with E-state index in [4.69, 9.17) is 4.74 Å². The molecule has 1 aromatic rings. The number of pyridine rings is 1. The first-order valence-corrected chi connectivity index (χ1v) is 8.50. The van der Waals surface area contributed by atoms with Crippen molar-refractivity contribution < 1.29 is 9.53 Å². The third-order valence-corrected chi connectivity index (χ3v) is 3.97. The SMILES string of the molecule is COCCNC(=NCC(=O)N(C)C)NC1CCN(c2ccccn2)C1.I. The molecule has 1 aromatic heterocycles. The zero-order valence-electron chi connectivity index (χ0n) is 15.6. The maximum atomic E-state index is 11.8. The molecule has 1 aliphatic heterocycles. The highest BCUT2D eigenvalue weighted by Gasteiger charge is 2.24. The van der Waals surface area contributed by atoms with Crippen LogP contribution in [0.15, 0.2) is 29.4 Å². The average Bonchev–Trinajstić information content (AvgIpc) is 3.08. The minimum Gasteiger partial charge on any atom is -0.383 e. The quantitative estimate of drug-likeness (QED) is 0.259. The first kappa shape index (κ1) is 22.4. The van der Waals surface area contributed by atoms with Crippen molar-refractivity contribution in [2.24, 2.45) is 4.99 Å². The van der Waals surface area contributed by atoms with Gasteiger partial charge in [-0.1, -0.05) is 6.07 Å². The number of likely N-dealkylation sites (N-methyl/N-ethyl adjacent to an activating group) is 1. The molecule has 0 aliphatic carbocycles. The van der Waals surface area contributed by atoms with Gasteiger partial charge in [0.15, 0.2) is 5.96 Å². The van der Waals surface area contributed by atoms with Gasteiger partial charge in [0.05, 0.1) is 6.61 Å². The lowest BCUT2D eigenvalue weighted by molar-refractivity contribution is -0.127. The van der Waals surface area contributed by atoms with Gasteiger partial charge in [-0.25, -0.2) is 9.98 Å². The Bertz CT molecular complexity index is 570. The fourth-order valence-corrected chi connectivity index (χ4v) is 2.53. The Hall–Kier alpha value is -1.62. The molecule has 1 aliphatic rings. The number of guanidine groups is 1. The van der Waals surface area contributed by atoms with Gasteiger partial charge in [-0.2, -0.15) is 0 Å². The Morgan fingerprint density at radius 3 is 2.92 bits per heavy atom. The van der Waals surface area contributed by atoms with E-state index in [0.717, 1.165) is 25.3 Å². The van der Waals surface area contributed by atoms with Gasteiger partial charge in [0.25, 0.3) is 0 Å². The molecule has 1 unspecified atom stereocenters. The molecule has 0 aromatic carbocycles. The third-order valence-electron chi connectivity index (χ3n) is 3.97. The second-order valence-electron chi connectivity index (χ2n) is 6.14. The fraction of sp³-hybridized carbons (Fsp3) is 0.588. The van der Waals surface area contributed by atoms with Crippen LogP contribution in [-0.4, -0.2) is 81.8 Å². The minimum atomic E-state index is -0.0330. The average molecular weight is 476 g/mol. The number of carbonyl (C=O) groups excluding carboxylic acids is 1. The Balaban J connectivity index is 0.00000338. The topological polar surface area (TPSA) is 82.1 Å². The predicted molar refractivity (Wildman–Crippen MR) is 114 cm³/mol. The van der Waals surface area contributed by atoms with Crippen LogP contribution >= 0.6 is 24.0 Å². The number of hydrogen-bond donors (Lipinski definition) is 2. The number of carbonyl (C=O) groups is 1. The molecule has 0 spiro atoms. The normalized spacial score (nSPS) is 16.8. The summed E-state index contributed by atoms with van der Waals surface area (Å²) in [5.41, 5.74) is 0. The summed E-state index contributed by atoms with van der Waals surface area (Å²) in [6, 6.07) is 6.19. The van der Waals surface area contributed by atoms with Crippen molar-refractivity contribution in [2.45, 2.75) is 12.5 Å². The van der Waals surface area contributed by atoms with Gasteiger partial charge in [0, 0.05) is 53.1 Å². The number of rotatable bonds is 7. The Kier molecular flexibility index (Phi) is 10.3. The van der Waals surface area contributed by atoms with Crippen LogP contribution in [0, 0.1) is 0 Å². The van der Waals surface area contributed by atoms with E-state index in [1.54, 1.807) is 21.2 Å². The number of hydrogen-bond acceptors (Lipinski definition) is 5. The number of methoxy groups -OCH3 is 1. The molecule has 1 amide bonds. The number of aromatic nitrogens is 1. The van der Waals surface area contributed by atoms with Gasteiger partial charge in [0.1, 0.15) is 12.4 Å². The lowest BCUT2D eigenvalue weighted by Crippen LogP contribution is -2.46. The van der Waals surface area contributed by atoms with E-state index in [-0.39, 0.29) is 42.5 Å². The van der Waals surface area contributed by atoms with E-state index in [9.17, 15) is 4.79 Å². The summed E-state index contributed by atoms with van der Waals surface area (Å²) in [5, 5.41) is 6.62. The molecule has 0 bridgehead atoms. The van der Waals surface area contributed by atoms with Gasteiger partial charge < -0.3 is 25.2 Å². The molecular formula is C17H29IN6O2. The molecule has 146 valence electrons. The number of amides is 1. The van der Waals surface area contributed by atoms with Crippen molar-refractivity contribution in [2.75, 3.05) is 58.9 Å². The van der Waals surface area contributed by atoms with Crippen LogP contribution in [0.5, 0.6) is 0 Å². The molecule has 8 nitrogen and oxygen atoms in total. The Morgan fingerprint density at radius 2 is 2.27 bits per heavy atom. The van der Waals surface area contributed by atoms with Crippen molar-refractivity contribution in [3.05, 3.63) is 24.4 Å². The highest BCUT2D eigenvalue weighted by Crippen LogP contribution is 2.17. The maximum Gasteiger partial charge on any atom is 0.243 e. The molecule has 9 heteroatoms. The van der Waals surface area contributed by atoms with Gasteiger partial charge in [-0.15, -0.1) is 24.0 Å². The summed E-state index contributed by atoms with van der Waals surface area (Å²) in [7, 11) is 5.11. The van der Waals surface area contributed by atoms with E-state index in [2.05, 4.69) is 25.5 Å². The number of ether oxygens (including phenoxy) is 1. The second-order valence-corrected chi connectivity index (χ2v) is 6.14. The number of halogens is 1. The zero-order valence-corrected chi connectivity index (χ0v) is 18.0. The van der Waals surface area contributed by atoms with Crippen molar-refractivity contribution in [1.82, 2.24) is 20.5 Å². The summed E-state index contributed by atoms with van der Waals surface area (Å²) in [4.78, 5) is 24.3. The summed E-state index contributed by atoms with van der Waals surface area (Å²) in [6.07, 6.45) is 2.80. The molecule has 0 saturated carbocycles. The van der Waals surface area contributed by atoms with Crippen LogP contribution in [0.2, 0.25) is 0 Å². The van der Waals surface area contributed by atoms with Gasteiger partial charge in [-0.05, 0) is 18.6 Å². The van der Waals surface area contributed by atoms with Crippen molar-refractivity contribution >= 4 is 41.7 Å². The number of aliphatic imine (C=N–C) groups is 1. The first-order chi connectivity index (χ1) is 12.1. The van der Waals surface area contributed by atoms with Gasteiger partial charge in [-0.3, -0.25) is 4.79 Å². The fourth-order valence-electron chi connectivity index (χ4n) is 2.53. The van der Waals surface area contributed by atoms with E-state index in [0.29, 0.717) is 19.1 Å². The molecule has 26 heavy (non-hydrogen) atoms. The molecule has 1 atom stereocenters. The third kappa shape index (κ3) is 7.32. The van der Waals surface area contributed by atoms with E-state index in [1.807, 2.05) is 24.4 Å². The molecular weight excluding hydrogens is 447 g/mol. The summed E-state index contributed by atoms with van der Waals surface area (Å²) >= 11 is 0. The lowest BCUT2D eigenvalue weighted by atomic mass is 10.3. The van der Waals surface area contributed by atoms with Crippen LogP contribution in [-0.2, 0) is 9.53 Å². The van der Waals surface area contributed by atoms with Gasteiger partial charge in [0.2, 0.25) is 5.91 Å². The molecule has 1 saturated heterocycles. The predicted octanol–water partition coefficient (Wildman–Crippen LogP) is 0.548.